The Morgan fingerprint density at radius 2 is 1.59 bits per heavy atom. The van der Waals surface area contributed by atoms with E-state index < -0.39 is 15.9 Å². The molecule has 176 valence electrons. The van der Waals surface area contributed by atoms with Crippen LogP contribution < -0.4 is 10.6 Å². The zero-order chi connectivity index (χ0) is 24.3. The molecule has 0 saturated heterocycles. The molecule has 0 aliphatic carbocycles. The van der Waals surface area contributed by atoms with Gasteiger partial charge in [-0.15, -0.1) is 0 Å². The van der Waals surface area contributed by atoms with Crippen LogP contribution in [0.3, 0.4) is 0 Å². The molecular weight excluding hydrogens is 450 g/mol. The Kier molecular flexibility index (Phi) is 6.81. The van der Waals surface area contributed by atoms with E-state index in [9.17, 15) is 18.0 Å². The standard InChI is InChI=1S/C26H27N3O4S/c1-18(2)27-26(31)23-12-5-6-13-24(23)28-25(30)20-10-7-11-22(16-20)34(32,33)29-15-14-19-8-3-4-9-21(19)17-29/h3-13,16,18H,14-15,17H2,1-2H3,(H,27,31)(H,28,30). The molecule has 0 aromatic heterocycles. The minimum atomic E-state index is -3.78. The first-order chi connectivity index (χ1) is 16.3. The molecule has 0 bridgehead atoms. The van der Waals surface area contributed by atoms with Crippen molar-refractivity contribution in [2.24, 2.45) is 0 Å². The Morgan fingerprint density at radius 1 is 0.882 bits per heavy atom. The molecule has 0 fully saturated rings. The summed E-state index contributed by atoms with van der Waals surface area (Å²) in [6.45, 7) is 4.39. The van der Waals surface area contributed by atoms with Crippen LogP contribution in [0.25, 0.3) is 0 Å². The lowest BCUT2D eigenvalue weighted by atomic mass is 10.0. The van der Waals surface area contributed by atoms with Gasteiger partial charge in [-0.1, -0.05) is 42.5 Å². The first-order valence-electron chi connectivity index (χ1n) is 11.1. The van der Waals surface area contributed by atoms with Gasteiger partial charge in [0.15, 0.2) is 0 Å². The smallest absolute Gasteiger partial charge is 0.255 e. The fourth-order valence-electron chi connectivity index (χ4n) is 3.95. The number of amides is 2. The molecule has 7 nitrogen and oxygen atoms in total. The van der Waals surface area contributed by atoms with Gasteiger partial charge < -0.3 is 10.6 Å². The van der Waals surface area contributed by atoms with Crippen molar-refractivity contribution in [3.8, 4) is 0 Å². The van der Waals surface area contributed by atoms with Crippen LogP contribution in [-0.4, -0.2) is 37.1 Å². The zero-order valence-electron chi connectivity index (χ0n) is 19.1. The number of hydrogen-bond acceptors (Lipinski definition) is 4. The third-order valence-electron chi connectivity index (χ3n) is 5.67. The van der Waals surface area contributed by atoms with E-state index >= 15 is 0 Å². The zero-order valence-corrected chi connectivity index (χ0v) is 19.9. The number of sulfonamides is 1. The highest BCUT2D eigenvalue weighted by molar-refractivity contribution is 7.89. The lowest BCUT2D eigenvalue weighted by Crippen LogP contribution is -2.36. The minimum Gasteiger partial charge on any atom is -0.350 e. The van der Waals surface area contributed by atoms with E-state index in [4.69, 9.17) is 0 Å². The summed E-state index contributed by atoms with van der Waals surface area (Å²) in [6, 6.07) is 20.4. The number of rotatable bonds is 6. The summed E-state index contributed by atoms with van der Waals surface area (Å²) < 4.78 is 28.1. The second-order valence-corrected chi connectivity index (χ2v) is 10.5. The molecule has 2 N–H and O–H groups in total. The van der Waals surface area contributed by atoms with Gasteiger partial charge in [0.2, 0.25) is 10.0 Å². The highest BCUT2D eigenvalue weighted by atomic mass is 32.2. The average molecular weight is 478 g/mol. The minimum absolute atomic E-state index is 0.0556. The predicted molar refractivity (Wildman–Crippen MR) is 131 cm³/mol. The van der Waals surface area contributed by atoms with Crippen molar-refractivity contribution >= 4 is 27.5 Å². The quantitative estimate of drug-likeness (QED) is 0.564. The molecule has 3 aromatic carbocycles. The number of nitrogens with zero attached hydrogens (tertiary/aromatic N) is 1. The summed E-state index contributed by atoms with van der Waals surface area (Å²) in [5.74, 6) is -0.793. The maximum atomic E-state index is 13.3. The fraction of sp³-hybridized carbons (Fsp3) is 0.231. The van der Waals surface area contributed by atoms with Crippen LogP contribution in [0.1, 0.15) is 45.7 Å². The number of carbonyl (C=O) groups is 2. The third-order valence-corrected chi connectivity index (χ3v) is 7.51. The largest absolute Gasteiger partial charge is 0.350 e. The van der Waals surface area contributed by atoms with Gasteiger partial charge in [-0.3, -0.25) is 9.59 Å². The monoisotopic (exact) mass is 477 g/mol. The van der Waals surface area contributed by atoms with Gasteiger partial charge in [0.25, 0.3) is 11.8 Å². The maximum Gasteiger partial charge on any atom is 0.255 e. The Balaban J connectivity index is 1.55. The average Bonchev–Trinajstić information content (AvgIpc) is 2.83. The summed E-state index contributed by atoms with van der Waals surface area (Å²) in [7, 11) is -3.78. The van der Waals surface area contributed by atoms with Gasteiger partial charge in [-0.05, 0) is 61.7 Å². The van der Waals surface area contributed by atoms with Crippen molar-refractivity contribution in [3.05, 3.63) is 95.1 Å². The molecule has 4 rings (SSSR count). The van der Waals surface area contributed by atoms with Crippen molar-refractivity contribution in [1.29, 1.82) is 0 Å². The molecule has 0 unspecified atom stereocenters. The van der Waals surface area contributed by atoms with E-state index in [0.29, 0.717) is 30.8 Å². The molecule has 0 atom stereocenters. The van der Waals surface area contributed by atoms with E-state index in [1.807, 2.05) is 38.1 Å². The van der Waals surface area contributed by atoms with E-state index in [2.05, 4.69) is 10.6 Å². The topological polar surface area (TPSA) is 95.6 Å². The van der Waals surface area contributed by atoms with E-state index in [0.717, 1.165) is 11.1 Å². The molecule has 1 heterocycles. The predicted octanol–water partition coefficient (Wildman–Crippen LogP) is 3.82. The van der Waals surface area contributed by atoms with E-state index in [-0.39, 0.29) is 22.4 Å². The van der Waals surface area contributed by atoms with Crippen LogP contribution >= 0.6 is 0 Å². The van der Waals surface area contributed by atoms with Crippen molar-refractivity contribution < 1.29 is 18.0 Å². The number of hydrogen-bond donors (Lipinski definition) is 2. The van der Waals surface area contributed by atoms with Crippen molar-refractivity contribution in [3.63, 3.8) is 0 Å². The molecule has 2 amide bonds. The molecule has 8 heteroatoms. The third kappa shape index (κ3) is 5.03. The summed E-state index contributed by atoms with van der Waals surface area (Å²) in [4.78, 5) is 25.5. The van der Waals surface area contributed by atoms with Gasteiger partial charge >= 0.3 is 0 Å². The Bertz CT molecular complexity index is 1340. The highest BCUT2D eigenvalue weighted by Crippen LogP contribution is 2.26. The number of fused-ring (bicyclic) bond motifs is 1. The Labute approximate surface area is 199 Å². The van der Waals surface area contributed by atoms with E-state index in [1.165, 1.54) is 16.4 Å². The van der Waals surface area contributed by atoms with Crippen LogP contribution in [0.15, 0.2) is 77.7 Å². The van der Waals surface area contributed by atoms with E-state index in [1.54, 1.807) is 36.4 Å². The molecular formula is C26H27N3O4S. The second-order valence-electron chi connectivity index (χ2n) is 8.51. The summed E-state index contributed by atoms with van der Waals surface area (Å²) >= 11 is 0. The van der Waals surface area contributed by atoms with Crippen molar-refractivity contribution in [2.45, 2.75) is 37.8 Å². The van der Waals surface area contributed by atoms with Crippen LogP contribution in [-0.2, 0) is 23.0 Å². The van der Waals surface area contributed by atoms with Crippen LogP contribution in [0.2, 0.25) is 0 Å². The van der Waals surface area contributed by atoms with Crippen LogP contribution in [0.5, 0.6) is 0 Å². The van der Waals surface area contributed by atoms with Gasteiger partial charge in [-0.25, -0.2) is 8.42 Å². The molecule has 0 saturated carbocycles. The second kappa shape index (κ2) is 9.79. The molecule has 34 heavy (non-hydrogen) atoms. The number of para-hydroxylation sites is 1. The molecule has 3 aromatic rings. The summed E-state index contributed by atoms with van der Waals surface area (Å²) in [5.41, 5.74) is 3.02. The molecule has 0 spiro atoms. The summed E-state index contributed by atoms with van der Waals surface area (Å²) in [5, 5.41) is 5.55. The van der Waals surface area contributed by atoms with Gasteiger partial charge in [0, 0.05) is 24.7 Å². The van der Waals surface area contributed by atoms with Gasteiger partial charge in [0.1, 0.15) is 0 Å². The van der Waals surface area contributed by atoms with Crippen molar-refractivity contribution in [2.75, 3.05) is 11.9 Å². The van der Waals surface area contributed by atoms with Gasteiger partial charge in [-0.2, -0.15) is 4.31 Å². The first-order valence-corrected chi connectivity index (χ1v) is 12.6. The summed E-state index contributed by atoms with van der Waals surface area (Å²) in [6.07, 6.45) is 0.644. The number of anilines is 1. The molecule has 1 aliphatic rings. The van der Waals surface area contributed by atoms with Crippen molar-refractivity contribution in [1.82, 2.24) is 9.62 Å². The number of benzene rings is 3. The molecule has 1 aliphatic heterocycles. The first kappa shape index (κ1) is 23.7. The maximum absolute atomic E-state index is 13.3. The fourth-order valence-corrected chi connectivity index (χ4v) is 5.41. The molecule has 0 radical (unpaired) electrons. The Hall–Kier alpha value is -3.49. The van der Waals surface area contributed by atoms with Crippen LogP contribution in [0, 0.1) is 0 Å². The Morgan fingerprint density at radius 3 is 2.35 bits per heavy atom. The van der Waals surface area contributed by atoms with Gasteiger partial charge in [0.05, 0.1) is 16.1 Å². The highest BCUT2D eigenvalue weighted by Gasteiger charge is 2.28. The number of nitrogens with one attached hydrogen (secondary N) is 2. The lowest BCUT2D eigenvalue weighted by molar-refractivity contribution is 0.0944. The normalized spacial score (nSPS) is 13.9. The number of carbonyl (C=O) groups excluding carboxylic acids is 2. The van der Waals surface area contributed by atoms with Crippen LogP contribution in [0.4, 0.5) is 5.69 Å². The SMILES string of the molecule is CC(C)NC(=O)c1ccccc1NC(=O)c1cccc(S(=O)(=O)N2CCc3ccccc3C2)c1. The lowest BCUT2D eigenvalue weighted by Gasteiger charge is -2.28.